The minimum Gasteiger partial charge on any atom is -0.299 e. The highest BCUT2D eigenvalue weighted by Crippen LogP contribution is 2.13. The van der Waals surface area contributed by atoms with Gasteiger partial charge in [-0.1, -0.05) is 19.9 Å². The molecule has 1 rings (SSSR count). The number of carbonyl (C=O) groups is 1. The molecule has 0 N–H and O–H groups in total. The predicted octanol–water partition coefficient (Wildman–Crippen LogP) is 2.35. The molecule has 0 amide bonds. The van der Waals surface area contributed by atoms with Crippen LogP contribution in [0, 0.1) is 5.92 Å². The van der Waals surface area contributed by atoms with Crippen LogP contribution in [0.2, 0.25) is 0 Å². The molecular formula is C10H15NO. The van der Waals surface area contributed by atoms with E-state index in [1.165, 1.54) is 0 Å². The van der Waals surface area contributed by atoms with Crippen molar-refractivity contribution in [3.63, 3.8) is 0 Å². The van der Waals surface area contributed by atoms with E-state index in [-0.39, 0.29) is 0 Å². The van der Waals surface area contributed by atoms with E-state index < -0.39 is 0 Å². The van der Waals surface area contributed by atoms with Crippen LogP contribution in [0.1, 0.15) is 33.1 Å². The Kier molecular flexibility index (Phi) is 3.20. The number of nitrogens with zero attached hydrogens (tertiary/aromatic N) is 1. The van der Waals surface area contributed by atoms with Crippen LogP contribution in [0.25, 0.3) is 0 Å². The number of aliphatic imine (C=N–C) groups is 1. The summed E-state index contributed by atoms with van der Waals surface area (Å²) in [6, 6.07) is 0. The fourth-order valence-corrected chi connectivity index (χ4v) is 1.26. The number of hydrogen-bond acceptors (Lipinski definition) is 2. The summed E-state index contributed by atoms with van der Waals surface area (Å²) in [6.07, 6.45) is 5.95. The smallest absolute Gasteiger partial charge is 0.139 e. The molecule has 66 valence electrons. The molecule has 0 bridgehead atoms. The van der Waals surface area contributed by atoms with Crippen molar-refractivity contribution in [2.75, 3.05) is 0 Å². The van der Waals surface area contributed by atoms with E-state index in [9.17, 15) is 4.79 Å². The largest absolute Gasteiger partial charge is 0.299 e. The van der Waals surface area contributed by atoms with Crippen LogP contribution >= 0.6 is 0 Å². The van der Waals surface area contributed by atoms with Crippen molar-refractivity contribution < 1.29 is 4.79 Å². The number of carbonyl (C=O) groups excluding carboxylic acids is 1. The maximum absolute atomic E-state index is 11.3. The zero-order chi connectivity index (χ0) is 8.97. The SMILES string of the molecule is CC(C)CC(=O)CC1=CCC=N1. The fraction of sp³-hybridized carbons (Fsp3) is 0.600. The predicted molar refractivity (Wildman–Crippen MR) is 50.3 cm³/mol. The molecule has 0 aromatic rings. The van der Waals surface area contributed by atoms with Gasteiger partial charge in [0.2, 0.25) is 0 Å². The second-order valence-electron chi connectivity index (χ2n) is 3.56. The molecule has 0 saturated carbocycles. The van der Waals surface area contributed by atoms with E-state index in [1.807, 2.05) is 12.3 Å². The maximum Gasteiger partial charge on any atom is 0.139 e. The molecule has 0 aliphatic carbocycles. The standard InChI is InChI=1S/C10H15NO/c1-8(2)6-10(12)7-9-4-3-5-11-9/h4-5,8H,3,6-7H2,1-2H3. The van der Waals surface area contributed by atoms with E-state index in [1.54, 1.807) is 0 Å². The number of rotatable bonds is 4. The van der Waals surface area contributed by atoms with Gasteiger partial charge in [-0.3, -0.25) is 9.79 Å². The van der Waals surface area contributed by atoms with Gasteiger partial charge in [-0.25, -0.2) is 0 Å². The lowest BCUT2D eigenvalue weighted by Gasteiger charge is -2.02. The first kappa shape index (κ1) is 9.17. The fourth-order valence-electron chi connectivity index (χ4n) is 1.26. The van der Waals surface area contributed by atoms with Crippen molar-refractivity contribution in [1.29, 1.82) is 0 Å². The molecule has 0 aromatic heterocycles. The first-order chi connectivity index (χ1) is 5.68. The Bertz CT molecular complexity index is 226. The zero-order valence-corrected chi connectivity index (χ0v) is 7.71. The first-order valence-electron chi connectivity index (χ1n) is 4.41. The molecule has 2 nitrogen and oxygen atoms in total. The quantitative estimate of drug-likeness (QED) is 0.628. The topological polar surface area (TPSA) is 29.4 Å². The van der Waals surface area contributed by atoms with Gasteiger partial charge >= 0.3 is 0 Å². The second kappa shape index (κ2) is 4.19. The van der Waals surface area contributed by atoms with Crippen molar-refractivity contribution in [3.8, 4) is 0 Å². The number of allylic oxidation sites excluding steroid dienone is 2. The average molecular weight is 165 g/mol. The van der Waals surface area contributed by atoms with Gasteiger partial charge in [-0.2, -0.15) is 0 Å². The summed E-state index contributed by atoms with van der Waals surface area (Å²) in [5.41, 5.74) is 0.945. The van der Waals surface area contributed by atoms with Gasteiger partial charge < -0.3 is 0 Å². The monoisotopic (exact) mass is 165 g/mol. The normalized spacial score (nSPS) is 15.4. The van der Waals surface area contributed by atoms with Gasteiger partial charge in [-0.15, -0.1) is 0 Å². The molecule has 1 heterocycles. The molecule has 2 heteroatoms. The summed E-state index contributed by atoms with van der Waals surface area (Å²) in [5.74, 6) is 0.763. The van der Waals surface area contributed by atoms with Crippen molar-refractivity contribution >= 4 is 12.0 Å². The van der Waals surface area contributed by atoms with Crippen molar-refractivity contribution in [1.82, 2.24) is 0 Å². The van der Waals surface area contributed by atoms with Gasteiger partial charge in [0.15, 0.2) is 0 Å². The third-order valence-electron chi connectivity index (χ3n) is 1.73. The summed E-state index contributed by atoms with van der Waals surface area (Å²) < 4.78 is 0. The van der Waals surface area contributed by atoms with E-state index >= 15 is 0 Å². The van der Waals surface area contributed by atoms with E-state index in [0.29, 0.717) is 24.5 Å². The van der Waals surface area contributed by atoms with Crippen LogP contribution in [0.5, 0.6) is 0 Å². The molecule has 0 spiro atoms. The van der Waals surface area contributed by atoms with Gasteiger partial charge in [-0.05, 0) is 5.92 Å². The summed E-state index contributed by atoms with van der Waals surface area (Å²) in [4.78, 5) is 15.4. The Labute approximate surface area is 73.4 Å². The summed E-state index contributed by atoms with van der Waals surface area (Å²) in [7, 11) is 0. The molecule has 1 aliphatic heterocycles. The molecule has 0 radical (unpaired) electrons. The lowest BCUT2D eigenvalue weighted by atomic mass is 10.0. The molecule has 1 aliphatic rings. The number of Topliss-reactive ketones (excluding diaryl/α,β-unsaturated/α-hetero) is 1. The summed E-state index contributed by atoms with van der Waals surface area (Å²) in [6.45, 7) is 4.12. The van der Waals surface area contributed by atoms with Gasteiger partial charge in [0, 0.05) is 31.2 Å². The third-order valence-corrected chi connectivity index (χ3v) is 1.73. The van der Waals surface area contributed by atoms with Crippen LogP contribution in [0.4, 0.5) is 0 Å². The summed E-state index contributed by atoms with van der Waals surface area (Å²) in [5, 5.41) is 0. The van der Waals surface area contributed by atoms with Crippen molar-refractivity contribution in [3.05, 3.63) is 11.8 Å². The van der Waals surface area contributed by atoms with Gasteiger partial charge in [0.05, 0.1) is 0 Å². The van der Waals surface area contributed by atoms with Crippen molar-refractivity contribution in [2.45, 2.75) is 33.1 Å². The molecule has 0 fully saturated rings. The molecule has 0 aromatic carbocycles. The Morgan fingerprint density at radius 3 is 2.92 bits per heavy atom. The van der Waals surface area contributed by atoms with Crippen LogP contribution in [-0.4, -0.2) is 12.0 Å². The Morgan fingerprint density at radius 1 is 1.67 bits per heavy atom. The highest BCUT2D eigenvalue weighted by atomic mass is 16.1. The van der Waals surface area contributed by atoms with E-state index in [4.69, 9.17) is 0 Å². The van der Waals surface area contributed by atoms with Crippen LogP contribution in [0.15, 0.2) is 16.8 Å². The molecule has 0 unspecified atom stereocenters. The van der Waals surface area contributed by atoms with Crippen LogP contribution in [0.3, 0.4) is 0 Å². The average Bonchev–Trinajstić information content (AvgIpc) is 2.37. The highest BCUT2D eigenvalue weighted by Gasteiger charge is 2.08. The van der Waals surface area contributed by atoms with Crippen LogP contribution in [-0.2, 0) is 4.79 Å². The molecule has 12 heavy (non-hydrogen) atoms. The number of ketones is 1. The maximum atomic E-state index is 11.3. The van der Waals surface area contributed by atoms with E-state index in [2.05, 4.69) is 18.8 Å². The molecule has 0 atom stereocenters. The highest BCUT2D eigenvalue weighted by molar-refractivity contribution is 5.82. The van der Waals surface area contributed by atoms with Crippen molar-refractivity contribution in [2.24, 2.45) is 10.9 Å². The minimum absolute atomic E-state index is 0.301. The second-order valence-corrected chi connectivity index (χ2v) is 3.56. The van der Waals surface area contributed by atoms with Gasteiger partial charge in [0.25, 0.3) is 0 Å². The Hall–Kier alpha value is -0.920. The minimum atomic E-state index is 0.301. The number of hydrogen-bond donors (Lipinski definition) is 0. The lowest BCUT2D eigenvalue weighted by Crippen LogP contribution is -2.02. The molecule has 0 saturated heterocycles. The van der Waals surface area contributed by atoms with E-state index in [0.717, 1.165) is 12.1 Å². The third kappa shape index (κ3) is 2.99. The summed E-state index contributed by atoms with van der Waals surface area (Å²) >= 11 is 0. The zero-order valence-electron chi connectivity index (χ0n) is 7.71. The van der Waals surface area contributed by atoms with Gasteiger partial charge in [0.1, 0.15) is 5.78 Å². The lowest BCUT2D eigenvalue weighted by molar-refractivity contribution is -0.119. The van der Waals surface area contributed by atoms with Crippen LogP contribution < -0.4 is 0 Å². The Balaban J connectivity index is 2.31. The first-order valence-corrected chi connectivity index (χ1v) is 4.41. The Morgan fingerprint density at radius 2 is 2.42 bits per heavy atom. The molecular weight excluding hydrogens is 150 g/mol.